The van der Waals surface area contributed by atoms with E-state index in [0.717, 1.165) is 16.8 Å². The lowest BCUT2D eigenvalue weighted by molar-refractivity contribution is 0.0924. The molecule has 142 valence electrons. The van der Waals surface area contributed by atoms with E-state index >= 15 is 0 Å². The molecule has 29 heavy (non-hydrogen) atoms. The van der Waals surface area contributed by atoms with E-state index in [1.54, 1.807) is 53.6 Å². The minimum Gasteiger partial charge on any atom is -0.306 e. The molecular weight excluding hydrogens is 366 g/mol. The van der Waals surface area contributed by atoms with E-state index in [2.05, 4.69) is 4.98 Å². The van der Waals surface area contributed by atoms with Crippen LogP contribution in [0, 0.1) is 6.92 Å². The topological polar surface area (TPSA) is 70.6 Å². The molecule has 0 saturated heterocycles. The predicted molar refractivity (Wildman–Crippen MR) is 108 cm³/mol. The summed E-state index contributed by atoms with van der Waals surface area (Å²) in [6.07, 6.45) is 2.25. The van der Waals surface area contributed by atoms with Crippen LogP contribution >= 0.6 is 0 Å². The number of carbonyl (C=O) groups is 3. The normalized spacial score (nSPS) is 14.9. The van der Waals surface area contributed by atoms with Crippen molar-refractivity contribution in [2.75, 3.05) is 16.3 Å². The first-order valence-electron chi connectivity index (χ1n) is 9.40. The zero-order valence-electron chi connectivity index (χ0n) is 15.8. The Hall–Kier alpha value is -3.80. The maximum Gasteiger partial charge on any atom is 0.276 e. The lowest BCUT2D eigenvalue weighted by Gasteiger charge is -2.19. The zero-order valence-corrected chi connectivity index (χ0v) is 15.8. The largest absolute Gasteiger partial charge is 0.306 e. The van der Waals surface area contributed by atoms with Crippen molar-refractivity contribution >= 4 is 29.1 Å². The Labute approximate surface area is 167 Å². The number of hydrogen-bond acceptors (Lipinski definition) is 4. The van der Waals surface area contributed by atoms with Gasteiger partial charge in [0.15, 0.2) is 0 Å². The quantitative estimate of drug-likeness (QED) is 0.636. The summed E-state index contributed by atoms with van der Waals surface area (Å²) in [7, 11) is 0. The van der Waals surface area contributed by atoms with Gasteiger partial charge in [0.1, 0.15) is 5.69 Å². The highest BCUT2D eigenvalue weighted by atomic mass is 16.2. The summed E-state index contributed by atoms with van der Waals surface area (Å²) in [5.74, 6) is -0.774. The summed E-state index contributed by atoms with van der Waals surface area (Å²) in [6, 6.07) is 15.9. The van der Waals surface area contributed by atoms with Gasteiger partial charge in [0.25, 0.3) is 17.7 Å². The van der Waals surface area contributed by atoms with Crippen LogP contribution in [0.1, 0.15) is 42.3 Å². The van der Waals surface area contributed by atoms with E-state index in [9.17, 15) is 14.4 Å². The summed E-state index contributed by atoms with van der Waals surface area (Å²) in [4.78, 5) is 45.6. The molecule has 0 fully saturated rings. The van der Waals surface area contributed by atoms with Crippen molar-refractivity contribution < 1.29 is 14.4 Å². The Bertz CT molecular complexity index is 1190. The minimum absolute atomic E-state index is 0.159. The average molecular weight is 383 g/mol. The summed E-state index contributed by atoms with van der Waals surface area (Å²) in [5, 5.41) is 0. The van der Waals surface area contributed by atoms with Crippen LogP contribution in [-0.2, 0) is 6.42 Å². The molecule has 3 amide bonds. The number of hydrogen-bond donors (Lipinski definition) is 0. The second-order valence-electron chi connectivity index (χ2n) is 7.18. The molecule has 2 aliphatic rings. The van der Waals surface area contributed by atoms with Gasteiger partial charge in [-0.15, -0.1) is 0 Å². The van der Waals surface area contributed by atoms with Crippen LogP contribution in [0.3, 0.4) is 0 Å². The van der Waals surface area contributed by atoms with E-state index in [-0.39, 0.29) is 17.7 Å². The zero-order chi connectivity index (χ0) is 20.1. The molecule has 0 N–H and O–H groups in total. The molecule has 2 aliphatic heterocycles. The fourth-order valence-corrected chi connectivity index (χ4v) is 4.05. The molecule has 3 heterocycles. The number of benzene rings is 2. The highest BCUT2D eigenvalue weighted by Gasteiger charge is 2.38. The molecule has 2 aromatic carbocycles. The lowest BCUT2D eigenvalue weighted by Crippen LogP contribution is -2.30. The number of nitrogens with zero attached hydrogens (tertiary/aromatic N) is 3. The van der Waals surface area contributed by atoms with Crippen molar-refractivity contribution in [1.29, 1.82) is 0 Å². The second-order valence-corrected chi connectivity index (χ2v) is 7.18. The van der Waals surface area contributed by atoms with Crippen molar-refractivity contribution in [2.24, 2.45) is 0 Å². The van der Waals surface area contributed by atoms with E-state index in [4.69, 9.17) is 0 Å². The number of carbonyl (C=O) groups excluding carboxylic acids is 3. The number of anilines is 2. The molecule has 0 bridgehead atoms. The van der Waals surface area contributed by atoms with Crippen LogP contribution in [0.4, 0.5) is 11.4 Å². The number of rotatable bonds is 2. The van der Waals surface area contributed by atoms with Crippen LogP contribution in [0.5, 0.6) is 0 Å². The van der Waals surface area contributed by atoms with Crippen molar-refractivity contribution in [3.05, 3.63) is 88.7 Å². The molecule has 6 heteroatoms. The summed E-state index contributed by atoms with van der Waals surface area (Å²) >= 11 is 0. The van der Waals surface area contributed by atoms with E-state index in [1.807, 2.05) is 19.1 Å². The van der Waals surface area contributed by atoms with Crippen molar-refractivity contribution in [3.63, 3.8) is 0 Å². The predicted octanol–water partition coefficient (Wildman–Crippen LogP) is 3.39. The molecule has 6 nitrogen and oxygen atoms in total. The van der Waals surface area contributed by atoms with Gasteiger partial charge in [-0.2, -0.15) is 0 Å². The number of fused-ring (bicyclic) bond motifs is 2. The summed E-state index contributed by atoms with van der Waals surface area (Å²) < 4.78 is 0. The van der Waals surface area contributed by atoms with Gasteiger partial charge in [-0.3, -0.25) is 19.4 Å². The third kappa shape index (κ3) is 2.56. The second kappa shape index (κ2) is 6.38. The standard InChI is InChI=1S/C23H17N3O3/c1-14-5-4-6-17-20(14)23(29)26(21(17)27)16-8-9-19-15(13-16)10-12-25(19)22(28)18-7-2-3-11-24-18/h2-9,11,13H,10,12H2,1H3. The maximum atomic E-state index is 12.9. The number of aromatic nitrogens is 1. The fraction of sp³-hybridized carbons (Fsp3) is 0.130. The highest BCUT2D eigenvalue weighted by Crippen LogP contribution is 2.36. The number of imide groups is 1. The molecule has 0 spiro atoms. The first-order valence-corrected chi connectivity index (χ1v) is 9.40. The maximum absolute atomic E-state index is 12.9. The van der Waals surface area contributed by atoms with Gasteiger partial charge in [-0.25, -0.2) is 4.90 Å². The van der Waals surface area contributed by atoms with Crippen LogP contribution in [-0.4, -0.2) is 29.3 Å². The van der Waals surface area contributed by atoms with Gasteiger partial charge in [0.2, 0.25) is 0 Å². The Morgan fingerprint density at radius 1 is 1.00 bits per heavy atom. The average Bonchev–Trinajstić information content (AvgIpc) is 3.27. The molecule has 1 aromatic heterocycles. The number of amides is 3. The van der Waals surface area contributed by atoms with Crippen molar-refractivity contribution in [3.8, 4) is 0 Å². The van der Waals surface area contributed by atoms with Gasteiger partial charge in [-0.1, -0.05) is 18.2 Å². The van der Waals surface area contributed by atoms with Gasteiger partial charge in [-0.05, 0) is 60.9 Å². The molecule has 0 aliphatic carbocycles. The van der Waals surface area contributed by atoms with Crippen LogP contribution in [0.25, 0.3) is 0 Å². The van der Waals surface area contributed by atoms with Crippen molar-refractivity contribution in [1.82, 2.24) is 4.98 Å². The molecule has 0 radical (unpaired) electrons. The van der Waals surface area contributed by atoms with E-state index < -0.39 is 0 Å². The summed E-state index contributed by atoms with van der Waals surface area (Å²) in [6.45, 7) is 2.37. The lowest BCUT2D eigenvalue weighted by atomic mass is 10.0. The Kier molecular flexibility index (Phi) is 3.81. The smallest absolute Gasteiger partial charge is 0.276 e. The molecule has 0 saturated carbocycles. The van der Waals surface area contributed by atoms with Crippen molar-refractivity contribution in [2.45, 2.75) is 13.3 Å². The minimum atomic E-state index is -0.312. The van der Waals surface area contributed by atoms with Crippen LogP contribution < -0.4 is 9.80 Å². The molecule has 0 unspecified atom stereocenters. The van der Waals surface area contributed by atoms with Gasteiger partial charge in [0, 0.05) is 18.4 Å². The van der Waals surface area contributed by atoms with E-state index in [0.29, 0.717) is 35.5 Å². The molecule has 0 atom stereocenters. The highest BCUT2D eigenvalue weighted by molar-refractivity contribution is 6.35. The van der Waals surface area contributed by atoms with Crippen LogP contribution in [0.2, 0.25) is 0 Å². The van der Waals surface area contributed by atoms with Gasteiger partial charge < -0.3 is 4.90 Å². The Morgan fingerprint density at radius 3 is 2.62 bits per heavy atom. The summed E-state index contributed by atoms with van der Waals surface area (Å²) in [5.41, 5.74) is 4.32. The molecule has 3 aromatic rings. The third-order valence-corrected chi connectivity index (χ3v) is 5.47. The van der Waals surface area contributed by atoms with Gasteiger partial charge in [0.05, 0.1) is 16.8 Å². The van der Waals surface area contributed by atoms with Crippen LogP contribution in [0.15, 0.2) is 60.8 Å². The first kappa shape index (κ1) is 17.3. The molecular formula is C23H17N3O3. The third-order valence-electron chi connectivity index (χ3n) is 5.47. The Balaban J connectivity index is 1.49. The monoisotopic (exact) mass is 383 g/mol. The molecule has 5 rings (SSSR count). The van der Waals surface area contributed by atoms with E-state index in [1.165, 1.54) is 4.90 Å². The Morgan fingerprint density at radius 2 is 1.86 bits per heavy atom. The fourth-order valence-electron chi connectivity index (χ4n) is 4.05. The van der Waals surface area contributed by atoms with Gasteiger partial charge >= 0.3 is 0 Å². The number of aryl methyl sites for hydroxylation is 1. The SMILES string of the molecule is Cc1cccc2c1C(=O)N(c1ccc3c(c1)CCN3C(=O)c1ccccn1)C2=O. The number of pyridine rings is 1. The first-order chi connectivity index (χ1) is 14.1.